The van der Waals surface area contributed by atoms with Crippen LogP contribution in [-0.4, -0.2) is 32.0 Å². The van der Waals surface area contributed by atoms with Crippen LogP contribution in [0, 0.1) is 0 Å². The Morgan fingerprint density at radius 1 is 1.44 bits per heavy atom. The van der Waals surface area contributed by atoms with Gasteiger partial charge < -0.3 is 0 Å². The van der Waals surface area contributed by atoms with Gasteiger partial charge in [0.25, 0.3) is 10.0 Å². The van der Waals surface area contributed by atoms with Crippen LogP contribution < -0.4 is 0 Å². The van der Waals surface area contributed by atoms with E-state index in [0.29, 0.717) is 10.7 Å². The van der Waals surface area contributed by atoms with Crippen LogP contribution in [0.3, 0.4) is 0 Å². The molecule has 1 aromatic rings. The van der Waals surface area contributed by atoms with Crippen molar-refractivity contribution in [3.05, 3.63) is 15.9 Å². The molecular formula is C9H11BrF3NO2S2. The summed E-state index contributed by atoms with van der Waals surface area (Å²) in [5, 5.41) is 1.51. The van der Waals surface area contributed by atoms with Crippen molar-refractivity contribution in [3.8, 4) is 0 Å². The zero-order valence-electron chi connectivity index (χ0n) is 9.37. The lowest BCUT2D eigenvalue weighted by Gasteiger charge is -2.22. The number of hydrogen-bond acceptors (Lipinski definition) is 3. The highest BCUT2D eigenvalue weighted by Crippen LogP contribution is 2.31. The zero-order valence-corrected chi connectivity index (χ0v) is 12.6. The van der Waals surface area contributed by atoms with Crippen molar-refractivity contribution in [3.63, 3.8) is 0 Å². The van der Waals surface area contributed by atoms with Gasteiger partial charge >= 0.3 is 6.18 Å². The molecule has 0 spiro atoms. The smallest absolute Gasteiger partial charge is 0.206 e. The van der Waals surface area contributed by atoms with Gasteiger partial charge in [-0.2, -0.15) is 17.5 Å². The Balaban J connectivity index is 3.09. The maximum atomic E-state index is 12.4. The average molecular weight is 366 g/mol. The van der Waals surface area contributed by atoms with Crippen LogP contribution in [0.5, 0.6) is 0 Å². The Kier molecular flexibility index (Phi) is 5.22. The minimum absolute atomic E-state index is 0.0970. The van der Waals surface area contributed by atoms with Crippen LogP contribution in [0.4, 0.5) is 13.2 Å². The largest absolute Gasteiger partial charge is 0.402 e. The molecular weight excluding hydrogens is 355 g/mol. The number of sulfonamides is 1. The van der Waals surface area contributed by atoms with Gasteiger partial charge in [0.05, 0.1) is 0 Å². The second-order valence-electron chi connectivity index (χ2n) is 3.51. The third-order valence-corrected chi connectivity index (χ3v) is 6.48. The number of alkyl halides is 3. The first-order chi connectivity index (χ1) is 8.18. The Labute approximate surface area is 116 Å². The molecule has 1 heterocycles. The summed E-state index contributed by atoms with van der Waals surface area (Å²) in [6, 6.07) is 1.50. The van der Waals surface area contributed by atoms with Gasteiger partial charge in [0.1, 0.15) is 10.8 Å². The molecule has 1 aromatic heterocycles. The highest BCUT2D eigenvalue weighted by atomic mass is 79.9. The average Bonchev–Trinajstić information content (AvgIpc) is 2.62. The van der Waals surface area contributed by atoms with Crippen LogP contribution in [-0.2, 0) is 10.0 Å². The van der Waals surface area contributed by atoms with Gasteiger partial charge in [0.2, 0.25) is 0 Å². The molecule has 0 N–H and O–H groups in total. The van der Waals surface area contributed by atoms with E-state index in [4.69, 9.17) is 0 Å². The first-order valence-corrected chi connectivity index (χ1v) is 8.09. The number of rotatable bonds is 5. The van der Waals surface area contributed by atoms with E-state index >= 15 is 0 Å². The monoisotopic (exact) mass is 365 g/mol. The minimum atomic E-state index is -4.55. The summed E-state index contributed by atoms with van der Waals surface area (Å²) < 4.78 is 62.0. The Morgan fingerprint density at radius 2 is 2.06 bits per heavy atom. The molecule has 0 aliphatic rings. The van der Waals surface area contributed by atoms with Gasteiger partial charge in [-0.25, -0.2) is 8.42 Å². The lowest BCUT2D eigenvalue weighted by atomic mass is 10.5. The fourth-order valence-corrected chi connectivity index (χ4v) is 5.28. The molecule has 0 amide bonds. The van der Waals surface area contributed by atoms with E-state index in [0.717, 1.165) is 11.3 Å². The molecule has 0 aliphatic carbocycles. The van der Waals surface area contributed by atoms with E-state index < -0.39 is 22.7 Å². The summed E-state index contributed by atoms with van der Waals surface area (Å²) in [6.07, 6.45) is -4.23. The van der Waals surface area contributed by atoms with Crippen molar-refractivity contribution in [2.75, 3.05) is 13.1 Å². The van der Waals surface area contributed by atoms with E-state index in [9.17, 15) is 21.6 Å². The predicted octanol–water partition coefficient (Wildman–Crippen LogP) is 3.47. The van der Waals surface area contributed by atoms with Crippen LogP contribution in [0.1, 0.15) is 13.3 Å². The van der Waals surface area contributed by atoms with Crippen molar-refractivity contribution in [1.82, 2.24) is 4.31 Å². The third-order valence-electron chi connectivity index (χ3n) is 1.99. The lowest BCUT2D eigenvalue weighted by Crippen LogP contribution is -2.39. The molecule has 0 bridgehead atoms. The maximum Gasteiger partial charge on any atom is 0.402 e. The number of thiophene rings is 1. The Morgan fingerprint density at radius 3 is 2.44 bits per heavy atom. The van der Waals surface area contributed by atoms with Crippen molar-refractivity contribution in [1.29, 1.82) is 0 Å². The van der Waals surface area contributed by atoms with Gasteiger partial charge in [-0.3, -0.25) is 0 Å². The van der Waals surface area contributed by atoms with Crippen LogP contribution >= 0.6 is 27.3 Å². The Hall–Kier alpha value is -0.120. The lowest BCUT2D eigenvalue weighted by molar-refractivity contribution is -0.136. The van der Waals surface area contributed by atoms with Crippen LogP contribution in [0.2, 0.25) is 0 Å². The molecule has 0 aliphatic heterocycles. The molecule has 1 rings (SSSR count). The molecule has 0 radical (unpaired) electrons. The highest BCUT2D eigenvalue weighted by molar-refractivity contribution is 9.10. The SMILES string of the molecule is CCCN(CC(F)(F)F)S(=O)(=O)c1sccc1Br. The number of nitrogens with zero attached hydrogens (tertiary/aromatic N) is 1. The van der Waals surface area contributed by atoms with Gasteiger partial charge in [-0.15, -0.1) is 11.3 Å². The first kappa shape index (κ1) is 15.9. The highest BCUT2D eigenvalue weighted by Gasteiger charge is 2.37. The molecule has 9 heteroatoms. The van der Waals surface area contributed by atoms with E-state index in [1.165, 1.54) is 11.4 Å². The van der Waals surface area contributed by atoms with Gasteiger partial charge in [-0.05, 0) is 33.8 Å². The topological polar surface area (TPSA) is 37.4 Å². The quantitative estimate of drug-likeness (QED) is 0.800. The molecule has 0 aromatic carbocycles. The van der Waals surface area contributed by atoms with Crippen LogP contribution in [0.25, 0.3) is 0 Å². The summed E-state index contributed by atoms with van der Waals surface area (Å²) in [7, 11) is -4.10. The molecule has 0 saturated carbocycles. The van der Waals surface area contributed by atoms with Crippen molar-refractivity contribution in [2.45, 2.75) is 23.7 Å². The molecule has 0 atom stereocenters. The summed E-state index contributed by atoms with van der Waals surface area (Å²) >= 11 is 3.92. The van der Waals surface area contributed by atoms with Crippen molar-refractivity contribution in [2.24, 2.45) is 0 Å². The summed E-state index contributed by atoms with van der Waals surface area (Å²) in [5.41, 5.74) is 0. The van der Waals surface area contributed by atoms with E-state index in [1.807, 2.05) is 0 Å². The van der Waals surface area contributed by atoms with Gasteiger partial charge in [-0.1, -0.05) is 6.92 Å². The fourth-order valence-electron chi connectivity index (χ4n) is 1.31. The molecule has 104 valence electrons. The zero-order chi connectivity index (χ0) is 14.0. The predicted molar refractivity (Wildman–Crippen MR) is 67.1 cm³/mol. The van der Waals surface area contributed by atoms with Crippen LogP contribution in [0.15, 0.2) is 20.1 Å². The summed E-state index contributed by atoms with van der Waals surface area (Å²) in [4.78, 5) is 0. The normalized spacial score (nSPS) is 13.2. The molecule has 3 nitrogen and oxygen atoms in total. The fraction of sp³-hybridized carbons (Fsp3) is 0.556. The third kappa shape index (κ3) is 3.94. The van der Waals surface area contributed by atoms with E-state index in [-0.39, 0.29) is 15.2 Å². The Bertz CT molecular complexity index is 498. The summed E-state index contributed by atoms with van der Waals surface area (Å²) in [6.45, 7) is 0.00204. The molecule has 0 saturated heterocycles. The standard InChI is InChI=1S/C9H11BrF3NO2S2/c1-2-4-14(6-9(11,12)13)18(15,16)8-7(10)3-5-17-8/h3,5H,2,4,6H2,1H3. The molecule has 18 heavy (non-hydrogen) atoms. The van der Waals surface area contributed by atoms with E-state index in [1.54, 1.807) is 6.92 Å². The minimum Gasteiger partial charge on any atom is -0.206 e. The first-order valence-electron chi connectivity index (χ1n) is 4.98. The molecule has 0 unspecified atom stereocenters. The second kappa shape index (κ2) is 5.89. The molecule has 0 fully saturated rings. The van der Waals surface area contributed by atoms with E-state index in [2.05, 4.69) is 15.9 Å². The number of halogens is 4. The van der Waals surface area contributed by atoms with Gasteiger partial charge in [0, 0.05) is 11.0 Å². The van der Waals surface area contributed by atoms with Crippen molar-refractivity contribution >= 4 is 37.3 Å². The maximum absolute atomic E-state index is 12.4. The van der Waals surface area contributed by atoms with Crippen molar-refractivity contribution < 1.29 is 21.6 Å². The number of hydrogen-bond donors (Lipinski definition) is 0. The van der Waals surface area contributed by atoms with Gasteiger partial charge in [0.15, 0.2) is 0 Å². The second-order valence-corrected chi connectivity index (χ2v) is 7.41. The summed E-state index contributed by atoms with van der Waals surface area (Å²) in [5.74, 6) is 0.